The van der Waals surface area contributed by atoms with E-state index in [1.807, 2.05) is 0 Å². The van der Waals surface area contributed by atoms with E-state index in [1.165, 1.54) is 54.9 Å². The smallest absolute Gasteiger partial charge is 0.361 e. The zero-order valence-corrected chi connectivity index (χ0v) is 16.3. The third-order valence-corrected chi connectivity index (χ3v) is 4.93. The topological polar surface area (TPSA) is 74.8 Å². The molecular formula is C23H15F4N3O2. The van der Waals surface area contributed by atoms with Crippen molar-refractivity contribution in [2.45, 2.75) is 12.2 Å². The molecule has 2 N–H and O–H groups in total. The van der Waals surface area contributed by atoms with Crippen molar-refractivity contribution in [3.63, 3.8) is 0 Å². The molecule has 0 aliphatic rings. The molecule has 162 valence electrons. The number of carbonyl (C=O) groups excluding carboxylic acids is 1. The number of alkyl halides is 3. The van der Waals surface area contributed by atoms with E-state index in [9.17, 15) is 27.2 Å². The highest BCUT2D eigenvalue weighted by atomic mass is 19.4. The van der Waals surface area contributed by atoms with E-state index in [0.717, 1.165) is 18.2 Å². The molecule has 0 spiro atoms. The average Bonchev–Trinajstić information content (AvgIpc) is 2.77. The fourth-order valence-corrected chi connectivity index (χ4v) is 3.32. The van der Waals surface area contributed by atoms with Gasteiger partial charge in [0.1, 0.15) is 11.5 Å². The number of fused-ring (bicyclic) bond motifs is 1. The molecule has 1 amide bonds. The van der Waals surface area contributed by atoms with Crippen molar-refractivity contribution in [1.29, 1.82) is 0 Å². The number of H-pyrrole nitrogens is 1. The Morgan fingerprint density at radius 3 is 2.47 bits per heavy atom. The molecule has 0 radical (unpaired) electrons. The summed E-state index contributed by atoms with van der Waals surface area (Å²) in [5.74, 6) is -1.34. The molecule has 2 aromatic heterocycles. The lowest BCUT2D eigenvalue weighted by molar-refractivity contribution is -0.137. The lowest BCUT2D eigenvalue weighted by Gasteiger charge is -2.20. The third-order valence-electron chi connectivity index (χ3n) is 4.93. The van der Waals surface area contributed by atoms with Gasteiger partial charge in [0.15, 0.2) is 5.43 Å². The first-order valence-electron chi connectivity index (χ1n) is 9.44. The van der Waals surface area contributed by atoms with Crippen LogP contribution < -0.4 is 10.7 Å². The molecular weight excluding hydrogens is 426 g/mol. The van der Waals surface area contributed by atoms with E-state index in [2.05, 4.69) is 15.3 Å². The highest BCUT2D eigenvalue weighted by Crippen LogP contribution is 2.31. The van der Waals surface area contributed by atoms with Gasteiger partial charge in [0, 0.05) is 29.4 Å². The van der Waals surface area contributed by atoms with Gasteiger partial charge in [0.25, 0.3) is 5.91 Å². The summed E-state index contributed by atoms with van der Waals surface area (Å²) in [5.41, 5.74) is -0.406. The molecule has 0 fully saturated rings. The van der Waals surface area contributed by atoms with Crippen LogP contribution in [0.1, 0.15) is 33.2 Å². The molecule has 4 rings (SSSR count). The highest BCUT2D eigenvalue weighted by Gasteiger charge is 2.31. The molecule has 5 nitrogen and oxygen atoms in total. The van der Waals surface area contributed by atoms with E-state index in [-0.39, 0.29) is 22.2 Å². The van der Waals surface area contributed by atoms with Crippen molar-refractivity contribution < 1.29 is 22.4 Å². The van der Waals surface area contributed by atoms with Crippen LogP contribution in [0.25, 0.3) is 10.9 Å². The number of pyridine rings is 2. The van der Waals surface area contributed by atoms with Gasteiger partial charge >= 0.3 is 6.18 Å². The van der Waals surface area contributed by atoms with Crippen LogP contribution in [-0.2, 0) is 6.18 Å². The fraction of sp³-hybridized carbons (Fsp3) is 0.0870. The molecule has 1 unspecified atom stereocenters. The number of amides is 1. The minimum atomic E-state index is -4.53. The maximum Gasteiger partial charge on any atom is 0.416 e. The van der Waals surface area contributed by atoms with Gasteiger partial charge in [-0.25, -0.2) is 4.39 Å². The molecule has 4 aromatic rings. The van der Waals surface area contributed by atoms with Crippen LogP contribution in [0.2, 0.25) is 0 Å². The van der Waals surface area contributed by atoms with Crippen LogP contribution in [0.4, 0.5) is 17.6 Å². The van der Waals surface area contributed by atoms with Crippen molar-refractivity contribution in [1.82, 2.24) is 15.3 Å². The van der Waals surface area contributed by atoms with Crippen LogP contribution in [-0.4, -0.2) is 15.9 Å². The average molecular weight is 441 g/mol. The number of nitrogens with zero attached hydrogens (tertiary/aromatic N) is 1. The fourth-order valence-electron chi connectivity index (χ4n) is 3.32. The van der Waals surface area contributed by atoms with E-state index >= 15 is 0 Å². The number of hydrogen-bond donors (Lipinski definition) is 2. The molecule has 2 heterocycles. The van der Waals surface area contributed by atoms with Gasteiger partial charge in [-0.3, -0.25) is 14.6 Å². The Hall–Kier alpha value is -4.01. The molecule has 2 aromatic carbocycles. The van der Waals surface area contributed by atoms with Gasteiger partial charge in [-0.15, -0.1) is 0 Å². The van der Waals surface area contributed by atoms with E-state index in [4.69, 9.17) is 0 Å². The number of rotatable bonds is 4. The summed E-state index contributed by atoms with van der Waals surface area (Å²) < 4.78 is 53.2. The second-order valence-electron chi connectivity index (χ2n) is 7.00. The summed E-state index contributed by atoms with van der Waals surface area (Å²) in [6.45, 7) is 0. The summed E-state index contributed by atoms with van der Waals surface area (Å²) in [6, 6.07) is 11.2. The third kappa shape index (κ3) is 4.22. The van der Waals surface area contributed by atoms with Gasteiger partial charge in [-0.2, -0.15) is 13.2 Å². The number of benzene rings is 2. The van der Waals surface area contributed by atoms with E-state index < -0.39 is 29.5 Å². The van der Waals surface area contributed by atoms with Gasteiger partial charge in [0.05, 0.1) is 17.1 Å². The number of hydrogen-bond acceptors (Lipinski definition) is 3. The maximum absolute atomic E-state index is 14.5. The van der Waals surface area contributed by atoms with Crippen LogP contribution >= 0.6 is 0 Å². The quantitative estimate of drug-likeness (QED) is 0.455. The highest BCUT2D eigenvalue weighted by molar-refractivity contribution is 5.98. The predicted molar refractivity (Wildman–Crippen MR) is 110 cm³/mol. The molecule has 0 saturated carbocycles. The predicted octanol–water partition coefficient (Wildman–Crippen LogP) is 4.60. The zero-order valence-electron chi connectivity index (χ0n) is 16.3. The summed E-state index contributed by atoms with van der Waals surface area (Å²) >= 11 is 0. The van der Waals surface area contributed by atoms with Gasteiger partial charge < -0.3 is 10.3 Å². The first-order valence-corrected chi connectivity index (χ1v) is 9.44. The second kappa shape index (κ2) is 8.26. The first kappa shape index (κ1) is 21.2. The lowest BCUT2D eigenvalue weighted by atomic mass is 10.00. The molecule has 32 heavy (non-hydrogen) atoms. The van der Waals surface area contributed by atoms with Crippen molar-refractivity contribution in [2.24, 2.45) is 0 Å². The summed E-state index contributed by atoms with van der Waals surface area (Å²) in [7, 11) is 0. The Bertz CT molecular complexity index is 1350. The van der Waals surface area contributed by atoms with Crippen LogP contribution in [0.5, 0.6) is 0 Å². The van der Waals surface area contributed by atoms with Crippen LogP contribution in [0, 0.1) is 5.82 Å². The SMILES string of the molecule is O=C(NC(c1ccc(C(F)(F)F)cc1)c1ncccc1F)c1ccc2c(=O)cc[nH]c2c1. The molecule has 0 aliphatic carbocycles. The minimum absolute atomic E-state index is 0.144. The lowest BCUT2D eigenvalue weighted by Crippen LogP contribution is -2.30. The van der Waals surface area contributed by atoms with Gasteiger partial charge in [0.2, 0.25) is 0 Å². The minimum Gasteiger partial charge on any atom is -0.361 e. The summed E-state index contributed by atoms with van der Waals surface area (Å²) in [4.78, 5) is 31.7. The largest absolute Gasteiger partial charge is 0.416 e. The molecule has 0 aliphatic heterocycles. The summed E-state index contributed by atoms with van der Waals surface area (Å²) in [5, 5.41) is 3.02. The molecule has 9 heteroatoms. The van der Waals surface area contributed by atoms with E-state index in [1.54, 1.807) is 0 Å². The van der Waals surface area contributed by atoms with Crippen molar-refractivity contribution in [2.75, 3.05) is 0 Å². The number of nitrogens with one attached hydrogen (secondary N) is 2. The van der Waals surface area contributed by atoms with Crippen molar-refractivity contribution in [3.8, 4) is 0 Å². The van der Waals surface area contributed by atoms with Crippen LogP contribution in [0.15, 0.2) is 77.9 Å². The van der Waals surface area contributed by atoms with Gasteiger partial charge in [-0.05, 0) is 48.0 Å². The Kier molecular flexibility index (Phi) is 5.48. The standard InChI is InChI=1S/C23H15F4N3O2/c24-17-2-1-10-29-21(17)20(13-3-6-15(7-4-13)23(25,26)27)30-22(32)14-5-8-16-18(12-14)28-11-9-19(16)31/h1-12,20H,(H,28,31)(H,30,32). The van der Waals surface area contributed by atoms with Crippen molar-refractivity contribution >= 4 is 16.8 Å². The number of halogens is 4. The Labute approximate surface area is 178 Å². The molecule has 1 atom stereocenters. The van der Waals surface area contributed by atoms with E-state index in [0.29, 0.717) is 10.9 Å². The van der Waals surface area contributed by atoms with Crippen LogP contribution in [0.3, 0.4) is 0 Å². The Morgan fingerprint density at radius 1 is 1.03 bits per heavy atom. The number of carbonyl (C=O) groups is 1. The monoisotopic (exact) mass is 441 g/mol. The number of aromatic amines is 1. The maximum atomic E-state index is 14.5. The number of aromatic nitrogens is 2. The second-order valence-corrected chi connectivity index (χ2v) is 7.00. The van der Waals surface area contributed by atoms with Gasteiger partial charge in [-0.1, -0.05) is 12.1 Å². The zero-order chi connectivity index (χ0) is 22.9. The molecule has 0 bridgehead atoms. The first-order chi connectivity index (χ1) is 15.2. The Morgan fingerprint density at radius 2 is 1.78 bits per heavy atom. The Balaban J connectivity index is 1.72. The van der Waals surface area contributed by atoms with Crippen molar-refractivity contribution in [3.05, 3.63) is 111 Å². The molecule has 0 saturated heterocycles. The summed E-state index contributed by atoms with van der Waals surface area (Å²) in [6.07, 6.45) is -1.77. The normalized spacial score (nSPS) is 12.5.